The molecular formula is C6H16N6S2. The Labute approximate surface area is 92.3 Å². The fraction of sp³-hybridized carbons (Fsp3) is 0.667. The van der Waals surface area contributed by atoms with Gasteiger partial charge in [0, 0.05) is 14.1 Å². The number of rotatable bonds is 3. The van der Waals surface area contributed by atoms with Crippen LogP contribution >= 0.6 is 23.5 Å². The summed E-state index contributed by atoms with van der Waals surface area (Å²) in [5.74, 6) is 5.02. The third kappa shape index (κ3) is 5.95. The summed E-state index contributed by atoms with van der Waals surface area (Å²) in [7, 11) is 3.49. The first-order valence-corrected chi connectivity index (χ1v) is 5.66. The monoisotopic (exact) mass is 236 g/mol. The van der Waals surface area contributed by atoms with Crippen molar-refractivity contribution in [2.45, 2.75) is 11.5 Å². The molecule has 0 amide bonds. The van der Waals surface area contributed by atoms with Crippen molar-refractivity contribution < 1.29 is 0 Å². The zero-order valence-electron chi connectivity index (χ0n) is 8.44. The zero-order chi connectivity index (χ0) is 11.0. The molecule has 0 heterocycles. The van der Waals surface area contributed by atoms with Crippen LogP contribution in [0.25, 0.3) is 0 Å². The standard InChI is InChI=1S/C6H16N6S2/c1-4(13-5(7)11-8)14-6(9-2)12-10-3/h4,10H,8H2,1-3H3,(H2,7,11)(H,9,12). The molecule has 6 nitrogen and oxygen atoms in total. The molecule has 1 unspecified atom stereocenters. The predicted octanol–water partition coefficient (Wildman–Crippen LogP) is -0.303. The summed E-state index contributed by atoms with van der Waals surface area (Å²) < 4.78 is 0.196. The number of amidine groups is 2. The second-order valence-electron chi connectivity index (χ2n) is 2.17. The van der Waals surface area contributed by atoms with Crippen LogP contribution in [0.1, 0.15) is 6.92 Å². The zero-order valence-corrected chi connectivity index (χ0v) is 10.1. The average Bonchev–Trinajstić information content (AvgIpc) is 2.16. The molecule has 8 heteroatoms. The smallest absolute Gasteiger partial charge is 0.178 e. The number of nitrogens with two attached hydrogens (primary N) is 2. The van der Waals surface area contributed by atoms with E-state index in [1.165, 1.54) is 23.5 Å². The van der Waals surface area contributed by atoms with Gasteiger partial charge in [-0.3, -0.25) is 4.99 Å². The number of nitrogens with one attached hydrogen (secondary N) is 2. The van der Waals surface area contributed by atoms with Crippen LogP contribution in [0, 0.1) is 0 Å². The van der Waals surface area contributed by atoms with E-state index in [1.54, 1.807) is 14.1 Å². The number of hydrogen-bond acceptors (Lipinski definition) is 6. The Morgan fingerprint density at radius 3 is 2.50 bits per heavy atom. The number of aliphatic imine (C=N–C) groups is 1. The van der Waals surface area contributed by atoms with E-state index in [4.69, 9.17) is 11.6 Å². The van der Waals surface area contributed by atoms with Crippen LogP contribution in [0.4, 0.5) is 0 Å². The Bertz CT molecular complexity index is 216. The van der Waals surface area contributed by atoms with Gasteiger partial charge in [0.25, 0.3) is 0 Å². The molecular weight excluding hydrogens is 220 g/mol. The van der Waals surface area contributed by atoms with E-state index in [1.807, 2.05) is 6.92 Å². The minimum Gasteiger partial charge on any atom is -0.377 e. The molecule has 0 saturated heterocycles. The first kappa shape index (κ1) is 13.4. The molecule has 0 bridgehead atoms. The summed E-state index contributed by atoms with van der Waals surface area (Å²) in [6.45, 7) is 2.00. The van der Waals surface area contributed by atoms with Gasteiger partial charge in [0.05, 0.1) is 4.58 Å². The first-order valence-electron chi connectivity index (χ1n) is 3.90. The van der Waals surface area contributed by atoms with E-state index in [2.05, 4.69) is 20.9 Å². The second kappa shape index (κ2) is 7.77. The lowest BCUT2D eigenvalue weighted by atomic mass is 11.0. The molecule has 0 aliphatic carbocycles. The van der Waals surface area contributed by atoms with Gasteiger partial charge >= 0.3 is 0 Å². The first-order chi connectivity index (χ1) is 6.63. The van der Waals surface area contributed by atoms with Crippen molar-refractivity contribution in [3.63, 3.8) is 0 Å². The summed E-state index contributed by atoms with van der Waals surface area (Å²) in [6.07, 6.45) is 0. The lowest BCUT2D eigenvalue weighted by molar-refractivity contribution is 0.776. The summed E-state index contributed by atoms with van der Waals surface area (Å²) >= 11 is 2.92. The van der Waals surface area contributed by atoms with E-state index < -0.39 is 0 Å². The van der Waals surface area contributed by atoms with Crippen LogP contribution in [-0.2, 0) is 0 Å². The fourth-order valence-electron chi connectivity index (χ4n) is 0.627. The quantitative estimate of drug-likeness (QED) is 0.176. The van der Waals surface area contributed by atoms with Gasteiger partial charge in [0.15, 0.2) is 10.3 Å². The van der Waals surface area contributed by atoms with Crippen molar-refractivity contribution in [1.82, 2.24) is 10.9 Å². The van der Waals surface area contributed by atoms with Gasteiger partial charge in [0.1, 0.15) is 0 Å². The molecule has 6 N–H and O–H groups in total. The third-order valence-electron chi connectivity index (χ3n) is 1.13. The molecule has 0 radical (unpaired) electrons. The average molecular weight is 236 g/mol. The number of hydrazone groups is 1. The van der Waals surface area contributed by atoms with Crippen LogP contribution in [-0.4, -0.2) is 29.0 Å². The molecule has 0 fully saturated rings. The summed E-state index contributed by atoms with van der Waals surface area (Å²) in [6, 6.07) is 0. The third-order valence-corrected chi connectivity index (χ3v) is 3.22. The number of hydrazine groups is 1. The lowest BCUT2D eigenvalue weighted by Crippen LogP contribution is -2.33. The van der Waals surface area contributed by atoms with Crippen LogP contribution in [0.2, 0.25) is 0 Å². The number of nitrogens with zero attached hydrogens (tertiary/aromatic N) is 2. The Hall–Kier alpha value is -0.600. The van der Waals surface area contributed by atoms with E-state index >= 15 is 0 Å². The van der Waals surface area contributed by atoms with Gasteiger partial charge in [-0.1, -0.05) is 23.5 Å². The van der Waals surface area contributed by atoms with E-state index in [0.717, 1.165) is 5.17 Å². The molecule has 14 heavy (non-hydrogen) atoms. The summed E-state index contributed by atoms with van der Waals surface area (Å²) in [5.41, 5.74) is 11.2. The highest BCUT2D eigenvalue weighted by atomic mass is 32.2. The Morgan fingerprint density at radius 2 is 2.07 bits per heavy atom. The highest BCUT2D eigenvalue weighted by Crippen LogP contribution is 2.22. The van der Waals surface area contributed by atoms with Gasteiger partial charge in [-0.2, -0.15) is 5.10 Å². The molecule has 1 atom stereocenters. The second-order valence-corrected chi connectivity index (χ2v) is 5.16. The molecule has 0 aliphatic rings. The van der Waals surface area contributed by atoms with Crippen molar-refractivity contribution in [2.75, 3.05) is 14.1 Å². The summed E-state index contributed by atoms with van der Waals surface area (Å²) in [4.78, 5) is 4.03. The van der Waals surface area contributed by atoms with Gasteiger partial charge < -0.3 is 17.0 Å². The lowest BCUT2D eigenvalue weighted by Gasteiger charge is -2.12. The predicted molar refractivity (Wildman–Crippen MR) is 66.0 cm³/mol. The Balaban J connectivity index is 3.97. The summed E-state index contributed by atoms with van der Waals surface area (Å²) in [5, 5.41) is 4.53. The van der Waals surface area contributed by atoms with Crippen LogP contribution in [0.5, 0.6) is 0 Å². The topological polar surface area (TPSA) is 101 Å². The molecule has 0 aromatic rings. The highest BCUT2D eigenvalue weighted by molar-refractivity contribution is 8.29. The Morgan fingerprint density at radius 1 is 1.43 bits per heavy atom. The molecule has 0 aromatic heterocycles. The molecule has 0 aliphatic heterocycles. The van der Waals surface area contributed by atoms with E-state index in [0.29, 0.717) is 5.17 Å². The van der Waals surface area contributed by atoms with Crippen molar-refractivity contribution >= 4 is 33.9 Å². The maximum Gasteiger partial charge on any atom is 0.178 e. The van der Waals surface area contributed by atoms with Crippen molar-refractivity contribution in [2.24, 2.45) is 21.7 Å². The fourth-order valence-corrected chi connectivity index (χ4v) is 2.37. The van der Waals surface area contributed by atoms with Crippen LogP contribution in [0.15, 0.2) is 10.1 Å². The number of hydrogen-bond donors (Lipinski definition) is 4. The van der Waals surface area contributed by atoms with Gasteiger partial charge in [-0.05, 0) is 6.92 Å². The maximum absolute atomic E-state index is 5.46. The van der Waals surface area contributed by atoms with Crippen molar-refractivity contribution in [1.29, 1.82) is 0 Å². The van der Waals surface area contributed by atoms with Crippen LogP contribution in [0.3, 0.4) is 0 Å². The minimum atomic E-state index is 0.196. The van der Waals surface area contributed by atoms with Crippen molar-refractivity contribution in [3.05, 3.63) is 0 Å². The minimum absolute atomic E-state index is 0.196. The Kier molecular flexibility index (Phi) is 7.44. The van der Waals surface area contributed by atoms with Crippen LogP contribution < -0.4 is 22.4 Å². The maximum atomic E-state index is 5.46. The largest absolute Gasteiger partial charge is 0.377 e. The molecule has 0 saturated carbocycles. The number of thioether (sulfide) groups is 2. The molecule has 0 spiro atoms. The van der Waals surface area contributed by atoms with E-state index in [-0.39, 0.29) is 4.58 Å². The molecule has 82 valence electrons. The van der Waals surface area contributed by atoms with Gasteiger partial charge in [0.2, 0.25) is 0 Å². The highest BCUT2D eigenvalue weighted by Gasteiger charge is 2.09. The SMILES string of the molecule is CN=C(NNC)SC(C)SC(N)=NN. The van der Waals surface area contributed by atoms with Gasteiger partial charge in [-0.15, -0.1) is 0 Å². The van der Waals surface area contributed by atoms with E-state index in [9.17, 15) is 0 Å². The van der Waals surface area contributed by atoms with Crippen molar-refractivity contribution in [3.8, 4) is 0 Å². The normalized spacial score (nSPS) is 15.4. The van der Waals surface area contributed by atoms with Gasteiger partial charge in [-0.25, -0.2) is 5.43 Å². The molecule has 0 aromatic carbocycles. The molecule has 0 rings (SSSR count).